The quantitative estimate of drug-likeness (QED) is 0.580. The third kappa shape index (κ3) is 3.43. The maximum atomic E-state index is 5.72. The van der Waals surface area contributed by atoms with Crippen molar-refractivity contribution in [3.05, 3.63) is 59.7 Å². The summed E-state index contributed by atoms with van der Waals surface area (Å²) >= 11 is 11.1. The molecule has 90 valence electrons. The molecule has 0 amide bonds. The van der Waals surface area contributed by atoms with Crippen molar-refractivity contribution in [2.24, 2.45) is 0 Å². The summed E-state index contributed by atoms with van der Waals surface area (Å²) in [4.78, 5) is 0. The molecule has 0 aliphatic rings. The summed E-state index contributed by atoms with van der Waals surface area (Å²) in [5, 5.41) is 2.33. The molecule has 0 fully saturated rings. The highest BCUT2D eigenvalue weighted by molar-refractivity contribution is 6.30. The van der Waals surface area contributed by atoms with E-state index in [0.29, 0.717) is 5.88 Å². The Bertz CT molecular complexity index is 562. The first-order valence-electron chi connectivity index (χ1n) is 5.36. The van der Waals surface area contributed by atoms with Crippen molar-refractivity contribution in [1.82, 2.24) is 0 Å². The first-order chi connectivity index (χ1) is 8.81. The van der Waals surface area contributed by atoms with Crippen LogP contribution in [0.15, 0.2) is 48.5 Å². The summed E-state index contributed by atoms with van der Waals surface area (Å²) < 4.78 is 5.69. The molecule has 2 aromatic carbocycles. The van der Waals surface area contributed by atoms with Crippen molar-refractivity contribution in [3.8, 4) is 22.8 Å². The van der Waals surface area contributed by atoms with Crippen molar-refractivity contribution < 1.29 is 4.74 Å². The lowest BCUT2D eigenvalue weighted by molar-refractivity contribution is 0.482. The van der Waals surface area contributed by atoms with Gasteiger partial charge < -0.3 is 4.74 Å². The summed E-state index contributed by atoms with van der Waals surface area (Å²) in [5.74, 6) is 4.80. The molecule has 1 nitrogen and oxygen atoms in total. The number of hydrogen-bond acceptors (Lipinski definition) is 1. The van der Waals surface area contributed by atoms with E-state index in [1.165, 1.54) is 0 Å². The lowest BCUT2D eigenvalue weighted by Gasteiger charge is -2.06. The molecule has 0 radical (unpaired) electrons. The van der Waals surface area contributed by atoms with Crippen LogP contribution < -0.4 is 4.74 Å². The number of rotatable bonds is 3. The van der Waals surface area contributed by atoms with Gasteiger partial charge in [-0.3, -0.25) is 0 Å². The molecule has 0 N–H and O–H groups in total. The molecule has 0 spiro atoms. The maximum Gasteiger partial charge on any atom is 0.127 e. The van der Waals surface area contributed by atoms with Gasteiger partial charge in [-0.25, -0.2) is 0 Å². The summed E-state index contributed by atoms with van der Waals surface area (Å²) in [6.07, 6.45) is 0. The highest BCUT2D eigenvalue weighted by atomic mass is 35.5. The maximum absolute atomic E-state index is 5.72. The second kappa shape index (κ2) is 6.35. The van der Waals surface area contributed by atoms with Gasteiger partial charge in [0, 0.05) is 16.8 Å². The van der Waals surface area contributed by atoms with E-state index in [0.717, 1.165) is 22.6 Å². The smallest absolute Gasteiger partial charge is 0.127 e. The highest BCUT2D eigenvalue weighted by Crippen LogP contribution is 2.22. The Hall–Kier alpha value is -1.62. The van der Waals surface area contributed by atoms with E-state index < -0.39 is 0 Å². The van der Waals surface area contributed by atoms with Gasteiger partial charge in [-0.05, 0) is 59.5 Å². The van der Waals surface area contributed by atoms with Crippen LogP contribution in [0.25, 0.3) is 0 Å². The normalized spacial score (nSPS) is 9.44. The van der Waals surface area contributed by atoms with E-state index in [4.69, 9.17) is 27.9 Å². The van der Waals surface area contributed by atoms with Gasteiger partial charge in [0.25, 0.3) is 0 Å². The number of ether oxygens (including phenoxy) is 1. The fraction of sp³-hybridized carbons (Fsp3) is 0.0667. The molecule has 2 rings (SSSR count). The second-order valence-corrected chi connectivity index (χ2v) is 4.08. The second-order valence-electron chi connectivity index (χ2n) is 3.62. The van der Waals surface area contributed by atoms with Crippen LogP contribution in [0.5, 0.6) is 11.5 Å². The van der Waals surface area contributed by atoms with Crippen LogP contribution in [0.4, 0.5) is 0 Å². The van der Waals surface area contributed by atoms with Crippen LogP contribution in [0, 0.1) is 11.3 Å². The predicted molar refractivity (Wildman–Crippen MR) is 75.2 cm³/mol. The monoisotopic (exact) mass is 276 g/mol. The molecule has 0 atom stereocenters. The zero-order chi connectivity index (χ0) is 12.8. The van der Waals surface area contributed by atoms with E-state index in [1.807, 2.05) is 48.5 Å². The standard InChI is InChI=1S/C15H10Cl2O/c16-10-9-12-1-5-14(6-2-12)18-15-7-3-13(11-17)4-8-15/h1-8H,11H2. The summed E-state index contributed by atoms with van der Waals surface area (Å²) in [5.41, 5.74) is 1.92. The Morgan fingerprint density at radius 3 is 1.94 bits per heavy atom. The topological polar surface area (TPSA) is 9.23 Å². The van der Waals surface area contributed by atoms with Gasteiger partial charge in [-0.15, -0.1) is 11.6 Å². The number of hydrogen-bond donors (Lipinski definition) is 0. The van der Waals surface area contributed by atoms with Gasteiger partial charge in [0.05, 0.1) is 0 Å². The minimum atomic E-state index is 0.506. The summed E-state index contributed by atoms with van der Waals surface area (Å²) in [7, 11) is 0. The van der Waals surface area contributed by atoms with Crippen LogP contribution in [0.2, 0.25) is 0 Å². The van der Waals surface area contributed by atoms with E-state index in [-0.39, 0.29) is 0 Å². The predicted octanol–water partition coefficient (Wildman–Crippen LogP) is 4.77. The van der Waals surface area contributed by atoms with Gasteiger partial charge in [0.15, 0.2) is 0 Å². The lowest BCUT2D eigenvalue weighted by Crippen LogP contribution is -1.85. The molecule has 0 bridgehead atoms. The first-order valence-corrected chi connectivity index (χ1v) is 6.27. The van der Waals surface area contributed by atoms with Crippen LogP contribution in [-0.4, -0.2) is 0 Å². The molecule has 0 saturated heterocycles. The van der Waals surface area contributed by atoms with Crippen LogP contribution in [0.1, 0.15) is 11.1 Å². The Balaban J connectivity index is 2.09. The first kappa shape index (κ1) is 12.8. The van der Waals surface area contributed by atoms with E-state index in [9.17, 15) is 0 Å². The van der Waals surface area contributed by atoms with Crippen molar-refractivity contribution in [2.75, 3.05) is 0 Å². The third-order valence-electron chi connectivity index (χ3n) is 2.36. The minimum Gasteiger partial charge on any atom is -0.457 e. The largest absolute Gasteiger partial charge is 0.457 e. The zero-order valence-corrected chi connectivity index (χ0v) is 11.0. The van der Waals surface area contributed by atoms with Crippen molar-refractivity contribution in [2.45, 2.75) is 5.88 Å². The zero-order valence-electron chi connectivity index (χ0n) is 9.49. The van der Waals surface area contributed by atoms with Crippen LogP contribution in [-0.2, 0) is 5.88 Å². The van der Waals surface area contributed by atoms with E-state index in [2.05, 4.69) is 11.3 Å². The Kier molecular flexibility index (Phi) is 4.52. The number of benzene rings is 2. The fourth-order valence-corrected chi connectivity index (χ4v) is 1.73. The Morgan fingerprint density at radius 1 is 0.889 bits per heavy atom. The SMILES string of the molecule is ClC#Cc1ccc(Oc2ccc(CCl)cc2)cc1. The van der Waals surface area contributed by atoms with Crippen LogP contribution in [0.3, 0.4) is 0 Å². The average Bonchev–Trinajstić information content (AvgIpc) is 2.42. The molecular formula is C15H10Cl2O. The molecule has 0 aliphatic carbocycles. The molecule has 3 heteroatoms. The van der Waals surface area contributed by atoms with Crippen LogP contribution >= 0.6 is 23.2 Å². The fourth-order valence-electron chi connectivity index (χ4n) is 1.44. The van der Waals surface area contributed by atoms with Crippen molar-refractivity contribution in [3.63, 3.8) is 0 Å². The van der Waals surface area contributed by atoms with Gasteiger partial charge in [0.1, 0.15) is 11.5 Å². The average molecular weight is 277 g/mol. The highest BCUT2D eigenvalue weighted by Gasteiger charge is 1.97. The van der Waals surface area contributed by atoms with Gasteiger partial charge in [0.2, 0.25) is 0 Å². The Morgan fingerprint density at radius 2 is 1.44 bits per heavy atom. The minimum absolute atomic E-state index is 0.506. The molecule has 0 aromatic heterocycles. The summed E-state index contributed by atoms with van der Waals surface area (Å²) in [6, 6.07) is 15.1. The van der Waals surface area contributed by atoms with Crippen molar-refractivity contribution in [1.29, 1.82) is 0 Å². The number of halogens is 2. The van der Waals surface area contributed by atoms with E-state index in [1.54, 1.807) is 0 Å². The van der Waals surface area contributed by atoms with Crippen molar-refractivity contribution >= 4 is 23.2 Å². The van der Waals surface area contributed by atoms with Gasteiger partial charge in [-0.2, -0.15) is 0 Å². The number of alkyl halides is 1. The third-order valence-corrected chi connectivity index (χ3v) is 2.76. The molecule has 0 heterocycles. The van der Waals surface area contributed by atoms with Gasteiger partial charge in [-0.1, -0.05) is 12.1 Å². The lowest BCUT2D eigenvalue weighted by atomic mass is 10.2. The Labute approximate surface area is 116 Å². The molecule has 0 aliphatic heterocycles. The molecule has 0 unspecified atom stereocenters. The summed E-state index contributed by atoms with van der Waals surface area (Å²) in [6.45, 7) is 0. The molecule has 0 saturated carbocycles. The molecule has 2 aromatic rings. The molecule has 18 heavy (non-hydrogen) atoms. The van der Waals surface area contributed by atoms with Gasteiger partial charge >= 0.3 is 0 Å². The van der Waals surface area contributed by atoms with E-state index >= 15 is 0 Å². The molecular weight excluding hydrogens is 267 g/mol.